The van der Waals surface area contributed by atoms with E-state index >= 15 is 0 Å². The van der Waals surface area contributed by atoms with Crippen LogP contribution in [0.15, 0.2) is 29.4 Å². The van der Waals surface area contributed by atoms with Gasteiger partial charge in [0.2, 0.25) is 0 Å². The topological polar surface area (TPSA) is 38.7 Å². The average molecular weight is 261 g/mol. The van der Waals surface area contributed by atoms with Gasteiger partial charge in [0, 0.05) is 0 Å². The van der Waals surface area contributed by atoms with Crippen molar-refractivity contribution in [2.24, 2.45) is 5.18 Å². The number of ether oxygens (including phenoxy) is 1. The van der Waals surface area contributed by atoms with E-state index in [0.717, 1.165) is 6.42 Å². The molecule has 0 radical (unpaired) electrons. The fourth-order valence-electron chi connectivity index (χ4n) is 1.67. The lowest BCUT2D eigenvalue weighted by Crippen LogP contribution is -2.17. The van der Waals surface area contributed by atoms with Gasteiger partial charge in [-0.2, -0.15) is 4.91 Å². The Labute approximate surface area is 103 Å². The number of alkyl halides is 3. The van der Waals surface area contributed by atoms with Crippen molar-refractivity contribution in [3.05, 3.63) is 34.7 Å². The molecule has 0 aromatic heterocycles. The van der Waals surface area contributed by atoms with E-state index in [1.807, 2.05) is 6.92 Å². The molecule has 0 aliphatic rings. The summed E-state index contributed by atoms with van der Waals surface area (Å²) in [5.74, 6) is -0.277. The highest BCUT2D eigenvalue weighted by Gasteiger charge is 2.31. The summed E-state index contributed by atoms with van der Waals surface area (Å²) < 4.78 is 39.9. The Hall–Kier alpha value is -1.59. The summed E-state index contributed by atoms with van der Waals surface area (Å²) in [4.78, 5) is 10.6. The SMILES string of the molecule is CCC[C@H](Cc1cccc(OC(F)(F)F)c1)N=O. The zero-order valence-electron chi connectivity index (χ0n) is 9.91. The molecule has 1 rings (SSSR count). The number of nitroso groups, excluding NO2 is 1. The summed E-state index contributed by atoms with van der Waals surface area (Å²) >= 11 is 0. The van der Waals surface area contributed by atoms with Crippen molar-refractivity contribution in [3.63, 3.8) is 0 Å². The number of rotatable bonds is 6. The van der Waals surface area contributed by atoms with E-state index in [2.05, 4.69) is 9.91 Å². The molecule has 0 heterocycles. The molecule has 18 heavy (non-hydrogen) atoms. The number of hydrogen-bond acceptors (Lipinski definition) is 3. The lowest BCUT2D eigenvalue weighted by atomic mass is 10.0. The van der Waals surface area contributed by atoms with Crippen LogP contribution in [0.1, 0.15) is 25.3 Å². The molecular weight excluding hydrogens is 247 g/mol. The molecule has 0 N–H and O–H groups in total. The molecule has 0 spiro atoms. The first kappa shape index (κ1) is 14.5. The van der Waals surface area contributed by atoms with Crippen molar-refractivity contribution in [2.45, 2.75) is 38.6 Å². The molecule has 0 saturated heterocycles. The maximum atomic E-state index is 12.0. The molecule has 0 fully saturated rings. The molecule has 0 aliphatic heterocycles. The van der Waals surface area contributed by atoms with Crippen molar-refractivity contribution in [1.82, 2.24) is 0 Å². The first-order chi connectivity index (χ1) is 8.44. The number of halogens is 3. The highest BCUT2D eigenvalue weighted by Crippen LogP contribution is 2.24. The van der Waals surface area contributed by atoms with E-state index in [-0.39, 0.29) is 5.75 Å². The molecule has 1 aromatic carbocycles. The van der Waals surface area contributed by atoms with Gasteiger partial charge in [-0.1, -0.05) is 30.7 Å². The van der Waals surface area contributed by atoms with Crippen molar-refractivity contribution < 1.29 is 17.9 Å². The largest absolute Gasteiger partial charge is 0.573 e. The highest BCUT2D eigenvalue weighted by atomic mass is 19.4. The van der Waals surface area contributed by atoms with E-state index in [1.165, 1.54) is 18.2 Å². The number of benzene rings is 1. The standard InChI is InChI=1S/C12H14F3NO2/c1-2-4-10(16-17)7-9-5-3-6-11(8-9)18-12(13,14)15/h3,5-6,8,10H,2,4,7H2,1H3/t10-/m1/s1. The van der Waals surface area contributed by atoms with Crippen LogP contribution in [-0.4, -0.2) is 12.4 Å². The predicted octanol–water partition coefficient (Wildman–Crippen LogP) is 4.06. The van der Waals surface area contributed by atoms with E-state index < -0.39 is 12.4 Å². The molecule has 0 amide bonds. The molecule has 1 aromatic rings. The Morgan fingerprint density at radius 2 is 2.11 bits per heavy atom. The third-order valence-electron chi connectivity index (χ3n) is 2.37. The molecular formula is C12H14F3NO2. The summed E-state index contributed by atoms with van der Waals surface area (Å²) in [6.45, 7) is 1.92. The lowest BCUT2D eigenvalue weighted by molar-refractivity contribution is -0.274. The van der Waals surface area contributed by atoms with Gasteiger partial charge in [-0.25, -0.2) is 0 Å². The van der Waals surface area contributed by atoms with Crippen molar-refractivity contribution in [2.75, 3.05) is 0 Å². The third kappa shape index (κ3) is 5.16. The van der Waals surface area contributed by atoms with Crippen LogP contribution in [0.25, 0.3) is 0 Å². The fraction of sp³-hybridized carbons (Fsp3) is 0.500. The van der Waals surface area contributed by atoms with Crippen molar-refractivity contribution in [1.29, 1.82) is 0 Å². The van der Waals surface area contributed by atoms with Crippen LogP contribution in [0.5, 0.6) is 5.75 Å². The number of hydrogen-bond donors (Lipinski definition) is 0. The molecule has 0 bridgehead atoms. The summed E-state index contributed by atoms with van der Waals surface area (Å²) in [5.41, 5.74) is 0.606. The van der Waals surface area contributed by atoms with E-state index in [0.29, 0.717) is 18.4 Å². The van der Waals surface area contributed by atoms with Gasteiger partial charge in [0.15, 0.2) is 0 Å². The first-order valence-electron chi connectivity index (χ1n) is 5.61. The van der Waals surface area contributed by atoms with Gasteiger partial charge >= 0.3 is 6.36 Å². The Kier molecular flexibility index (Phi) is 5.12. The maximum absolute atomic E-state index is 12.0. The van der Waals surface area contributed by atoms with Gasteiger partial charge in [-0.05, 0) is 30.5 Å². The van der Waals surface area contributed by atoms with Crippen LogP contribution in [0.2, 0.25) is 0 Å². The second kappa shape index (κ2) is 6.37. The molecule has 0 aliphatic carbocycles. The Balaban J connectivity index is 2.72. The van der Waals surface area contributed by atoms with Gasteiger partial charge in [0.05, 0.1) is 6.04 Å². The second-order valence-electron chi connectivity index (χ2n) is 3.95. The normalized spacial score (nSPS) is 13.1. The number of nitrogens with zero attached hydrogens (tertiary/aromatic N) is 1. The zero-order valence-corrected chi connectivity index (χ0v) is 9.91. The predicted molar refractivity (Wildman–Crippen MR) is 61.3 cm³/mol. The lowest BCUT2D eigenvalue weighted by Gasteiger charge is -2.11. The van der Waals surface area contributed by atoms with Gasteiger partial charge < -0.3 is 4.74 Å². The Morgan fingerprint density at radius 3 is 2.67 bits per heavy atom. The first-order valence-corrected chi connectivity index (χ1v) is 5.61. The van der Waals surface area contributed by atoms with Gasteiger partial charge in [-0.3, -0.25) is 0 Å². The fourth-order valence-corrected chi connectivity index (χ4v) is 1.67. The third-order valence-corrected chi connectivity index (χ3v) is 2.37. The molecule has 1 atom stereocenters. The van der Waals surface area contributed by atoms with Crippen LogP contribution in [0, 0.1) is 4.91 Å². The summed E-state index contributed by atoms with van der Waals surface area (Å²) in [6, 6.07) is 5.21. The van der Waals surface area contributed by atoms with E-state index in [9.17, 15) is 18.1 Å². The molecule has 6 heteroatoms. The minimum atomic E-state index is -4.70. The highest BCUT2D eigenvalue weighted by molar-refractivity contribution is 5.29. The molecule has 100 valence electrons. The molecule has 0 saturated carbocycles. The summed E-state index contributed by atoms with van der Waals surface area (Å²) in [6.07, 6.45) is -2.96. The van der Waals surface area contributed by atoms with Crippen LogP contribution in [0.4, 0.5) is 13.2 Å². The Morgan fingerprint density at radius 1 is 1.39 bits per heavy atom. The van der Waals surface area contributed by atoms with Crippen molar-refractivity contribution >= 4 is 0 Å². The van der Waals surface area contributed by atoms with Crippen LogP contribution >= 0.6 is 0 Å². The minimum Gasteiger partial charge on any atom is -0.406 e. The quantitative estimate of drug-likeness (QED) is 0.724. The average Bonchev–Trinajstić information content (AvgIpc) is 2.26. The second-order valence-corrected chi connectivity index (χ2v) is 3.95. The van der Waals surface area contributed by atoms with Crippen LogP contribution in [-0.2, 0) is 6.42 Å². The molecule has 3 nitrogen and oxygen atoms in total. The maximum Gasteiger partial charge on any atom is 0.573 e. The van der Waals surface area contributed by atoms with Gasteiger partial charge in [0.1, 0.15) is 5.75 Å². The zero-order chi connectivity index (χ0) is 13.6. The van der Waals surface area contributed by atoms with Gasteiger partial charge in [0.25, 0.3) is 0 Å². The Bertz CT molecular complexity index is 393. The monoisotopic (exact) mass is 261 g/mol. The van der Waals surface area contributed by atoms with Crippen LogP contribution in [0.3, 0.4) is 0 Å². The van der Waals surface area contributed by atoms with E-state index in [4.69, 9.17) is 0 Å². The summed E-state index contributed by atoms with van der Waals surface area (Å²) in [5, 5.41) is 2.96. The smallest absolute Gasteiger partial charge is 0.406 e. The summed E-state index contributed by atoms with van der Waals surface area (Å²) in [7, 11) is 0. The van der Waals surface area contributed by atoms with E-state index in [1.54, 1.807) is 6.07 Å². The van der Waals surface area contributed by atoms with Gasteiger partial charge in [-0.15, -0.1) is 13.2 Å². The van der Waals surface area contributed by atoms with Crippen LogP contribution < -0.4 is 4.74 Å². The molecule has 0 unspecified atom stereocenters. The minimum absolute atomic E-state index is 0.277. The van der Waals surface area contributed by atoms with Crippen molar-refractivity contribution in [3.8, 4) is 5.75 Å².